The Balaban J connectivity index is 1.54. The molecule has 4 aromatic rings. The zero-order chi connectivity index (χ0) is 32.8. The van der Waals surface area contributed by atoms with E-state index in [1.807, 2.05) is 31.2 Å². The van der Waals surface area contributed by atoms with Crippen molar-refractivity contribution in [3.8, 4) is 11.5 Å². The highest BCUT2D eigenvalue weighted by molar-refractivity contribution is 6.06. The highest BCUT2D eigenvalue weighted by Crippen LogP contribution is 2.36. The lowest BCUT2D eigenvalue weighted by atomic mass is 10.1. The van der Waals surface area contributed by atoms with Crippen LogP contribution in [0.25, 0.3) is 0 Å². The largest absolute Gasteiger partial charge is 0.497 e. The Morgan fingerprint density at radius 1 is 0.957 bits per heavy atom. The van der Waals surface area contributed by atoms with E-state index in [-0.39, 0.29) is 36.9 Å². The normalized spacial score (nSPS) is 12.1. The van der Waals surface area contributed by atoms with Crippen molar-refractivity contribution >= 4 is 52.4 Å². The van der Waals surface area contributed by atoms with Crippen LogP contribution >= 0.6 is 0 Å². The van der Waals surface area contributed by atoms with Gasteiger partial charge < -0.3 is 25.4 Å². The van der Waals surface area contributed by atoms with Crippen molar-refractivity contribution in [1.82, 2.24) is 9.97 Å². The van der Waals surface area contributed by atoms with Crippen molar-refractivity contribution in [2.24, 2.45) is 0 Å². The minimum atomic E-state index is -0.360. The molecule has 12 heteroatoms. The first kappa shape index (κ1) is 31.3. The predicted molar refractivity (Wildman–Crippen MR) is 178 cm³/mol. The molecule has 0 radical (unpaired) electrons. The third kappa shape index (κ3) is 6.81. The zero-order valence-electron chi connectivity index (χ0n) is 25.7. The molecule has 1 aromatic heterocycles. The number of ether oxygens (including phenoxy) is 2. The first-order valence-electron chi connectivity index (χ1n) is 14.2. The molecular formula is C34H33N7O5. The molecule has 3 N–H and O–H groups in total. The number of aryl methyl sites for hydroxylation is 1. The van der Waals surface area contributed by atoms with E-state index in [4.69, 9.17) is 14.5 Å². The highest BCUT2D eigenvalue weighted by atomic mass is 16.5. The van der Waals surface area contributed by atoms with Gasteiger partial charge in [0.25, 0.3) is 0 Å². The zero-order valence-corrected chi connectivity index (χ0v) is 25.7. The summed E-state index contributed by atoms with van der Waals surface area (Å²) in [6.45, 7) is 9.25. The number of nitrogens with zero attached hydrogens (tertiary/aromatic N) is 4. The Labute approximate surface area is 266 Å². The van der Waals surface area contributed by atoms with Crippen LogP contribution in [0.5, 0.6) is 11.5 Å². The number of hydrogen-bond donors (Lipinski definition) is 3. The molecule has 0 bridgehead atoms. The van der Waals surface area contributed by atoms with E-state index in [1.54, 1.807) is 66.6 Å². The number of aromatic nitrogens is 2. The third-order valence-electron chi connectivity index (χ3n) is 7.24. The molecule has 0 unspecified atom stereocenters. The van der Waals surface area contributed by atoms with E-state index < -0.39 is 0 Å². The molecule has 0 saturated heterocycles. The van der Waals surface area contributed by atoms with Crippen molar-refractivity contribution in [2.75, 3.05) is 40.0 Å². The Hall–Kier alpha value is -6.17. The summed E-state index contributed by atoms with van der Waals surface area (Å²) in [6, 6.07) is 17.5. The van der Waals surface area contributed by atoms with Gasteiger partial charge in [0, 0.05) is 35.6 Å². The average molecular weight is 620 g/mol. The van der Waals surface area contributed by atoms with Crippen LogP contribution in [-0.4, -0.2) is 42.0 Å². The summed E-state index contributed by atoms with van der Waals surface area (Å²) < 4.78 is 10.9. The lowest BCUT2D eigenvalue weighted by Crippen LogP contribution is -2.47. The lowest BCUT2D eigenvalue weighted by molar-refractivity contribution is -0.112. The van der Waals surface area contributed by atoms with E-state index in [0.29, 0.717) is 45.6 Å². The highest BCUT2D eigenvalue weighted by Gasteiger charge is 2.34. The van der Waals surface area contributed by atoms with Gasteiger partial charge in [-0.15, -0.1) is 0 Å². The molecule has 12 nitrogen and oxygen atoms in total. The summed E-state index contributed by atoms with van der Waals surface area (Å²) in [5.41, 5.74) is 4.64. The maximum atomic E-state index is 14.2. The van der Waals surface area contributed by atoms with Crippen LogP contribution in [0.4, 0.5) is 39.3 Å². The topological polar surface area (TPSA) is 138 Å². The van der Waals surface area contributed by atoms with E-state index in [0.717, 1.165) is 11.1 Å². The summed E-state index contributed by atoms with van der Waals surface area (Å²) in [6.07, 6.45) is 4.05. The van der Waals surface area contributed by atoms with Gasteiger partial charge in [-0.1, -0.05) is 37.4 Å². The van der Waals surface area contributed by atoms with Crippen LogP contribution in [0.15, 0.2) is 92.2 Å². The number of nitrogens with one attached hydrogen (secondary N) is 3. The van der Waals surface area contributed by atoms with Gasteiger partial charge >= 0.3 is 6.03 Å². The molecule has 0 spiro atoms. The second kappa shape index (κ2) is 13.6. The van der Waals surface area contributed by atoms with Crippen molar-refractivity contribution in [1.29, 1.82) is 0 Å². The molecule has 5 rings (SSSR count). The Bertz CT molecular complexity index is 1800. The van der Waals surface area contributed by atoms with Gasteiger partial charge in [-0.2, -0.15) is 4.98 Å². The average Bonchev–Trinajstić information content (AvgIpc) is 3.07. The number of urea groups is 1. The second-order valence-electron chi connectivity index (χ2n) is 10.3. The number of para-hydroxylation sites is 1. The van der Waals surface area contributed by atoms with Crippen molar-refractivity contribution in [3.63, 3.8) is 0 Å². The second-order valence-corrected chi connectivity index (χ2v) is 10.3. The van der Waals surface area contributed by atoms with Gasteiger partial charge in [0.15, 0.2) is 0 Å². The Morgan fingerprint density at radius 2 is 1.63 bits per heavy atom. The fourth-order valence-corrected chi connectivity index (χ4v) is 4.87. The van der Waals surface area contributed by atoms with Crippen LogP contribution in [-0.2, 0) is 22.7 Å². The standard InChI is InChI=1S/C34H33N7O5/c1-6-29(42)36-24-13-11-22(12-14-24)19-41-32-23(20-40(34(41)44)25-15-26(45-4)17-27(16-25)46-5)18-35-33(39-32)38-31-21(3)9-8-10-28(31)37-30(43)7-2/h6-18H,1-2,19-20H2,3-5H3,(H,36,42)(H,37,43)(H,35,38,39). The number of methoxy groups -OCH3 is 2. The summed E-state index contributed by atoms with van der Waals surface area (Å²) in [7, 11) is 3.09. The number of hydrogen-bond acceptors (Lipinski definition) is 8. The number of anilines is 6. The molecular weight excluding hydrogens is 586 g/mol. The molecule has 0 aliphatic carbocycles. The number of carbonyl (C=O) groups is 3. The van der Waals surface area contributed by atoms with Gasteiger partial charge in [0.05, 0.1) is 44.4 Å². The minimum Gasteiger partial charge on any atom is -0.497 e. The maximum Gasteiger partial charge on any atom is 0.330 e. The van der Waals surface area contributed by atoms with Crippen LogP contribution in [0.2, 0.25) is 0 Å². The lowest BCUT2D eigenvalue weighted by Gasteiger charge is -2.36. The van der Waals surface area contributed by atoms with Gasteiger partial charge in [-0.05, 0) is 48.4 Å². The fraction of sp³-hybridized carbons (Fsp3) is 0.147. The molecule has 1 aliphatic rings. The van der Waals surface area contributed by atoms with Crippen LogP contribution in [0.3, 0.4) is 0 Å². The fourth-order valence-electron chi connectivity index (χ4n) is 4.87. The monoisotopic (exact) mass is 619 g/mol. The summed E-state index contributed by atoms with van der Waals surface area (Å²) in [5, 5.41) is 8.74. The number of fused-ring (bicyclic) bond motifs is 1. The maximum absolute atomic E-state index is 14.2. The van der Waals surface area contributed by atoms with Crippen molar-refractivity contribution in [3.05, 3.63) is 109 Å². The van der Waals surface area contributed by atoms with E-state index in [9.17, 15) is 14.4 Å². The predicted octanol–water partition coefficient (Wildman–Crippen LogP) is 5.94. The molecule has 4 amide bonds. The molecule has 0 atom stereocenters. The van der Waals surface area contributed by atoms with Crippen LogP contribution in [0, 0.1) is 6.92 Å². The molecule has 46 heavy (non-hydrogen) atoms. The smallest absolute Gasteiger partial charge is 0.330 e. The molecule has 3 aromatic carbocycles. The van der Waals surface area contributed by atoms with Gasteiger partial charge in [-0.25, -0.2) is 9.78 Å². The molecule has 1 aliphatic heterocycles. The first-order chi connectivity index (χ1) is 22.2. The Morgan fingerprint density at radius 3 is 2.28 bits per heavy atom. The SMILES string of the molecule is C=CC(=O)Nc1ccc(CN2C(=O)N(c3cc(OC)cc(OC)c3)Cc3cnc(Nc4c(C)cccc4NC(=O)C=C)nc32)cc1. The number of carbonyl (C=O) groups excluding carboxylic acids is 3. The number of amides is 4. The van der Waals surface area contributed by atoms with E-state index in [1.165, 1.54) is 12.2 Å². The molecule has 2 heterocycles. The van der Waals surface area contributed by atoms with Crippen molar-refractivity contribution < 1.29 is 23.9 Å². The van der Waals surface area contributed by atoms with Crippen LogP contribution in [0.1, 0.15) is 16.7 Å². The van der Waals surface area contributed by atoms with Crippen LogP contribution < -0.4 is 35.2 Å². The van der Waals surface area contributed by atoms with Gasteiger partial charge in [0.2, 0.25) is 17.8 Å². The number of benzene rings is 3. The number of rotatable bonds is 11. The van der Waals surface area contributed by atoms with E-state index >= 15 is 0 Å². The van der Waals surface area contributed by atoms with Gasteiger partial charge in [0.1, 0.15) is 17.3 Å². The summed E-state index contributed by atoms with van der Waals surface area (Å²) in [5.74, 6) is 1.04. The summed E-state index contributed by atoms with van der Waals surface area (Å²) in [4.78, 5) is 50.6. The summed E-state index contributed by atoms with van der Waals surface area (Å²) >= 11 is 0. The first-order valence-corrected chi connectivity index (χ1v) is 14.2. The Kier molecular flexibility index (Phi) is 9.27. The molecule has 0 fully saturated rings. The van der Waals surface area contributed by atoms with E-state index in [2.05, 4.69) is 34.1 Å². The quantitative estimate of drug-likeness (QED) is 0.175. The van der Waals surface area contributed by atoms with Gasteiger partial charge in [-0.3, -0.25) is 19.4 Å². The third-order valence-corrected chi connectivity index (χ3v) is 7.24. The molecule has 234 valence electrons. The minimum absolute atomic E-state index is 0.167. The molecule has 0 saturated carbocycles. The van der Waals surface area contributed by atoms with Crippen molar-refractivity contribution in [2.45, 2.75) is 20.0 Å².